The molecule has 84 valence electrons. The summed E-state index contributed by atoms with van der Waals surface area (Å²) in [6.45, 7) is 9.79. The number of nitrogens with zero attached hydrogens (tertiary/aromatic N) is 3. The molecular weight excluding hydrogens is 188 g/mol. The average molecular weight is 208 g/mol. The van der Waals surface area contributed by atoms with Crippen LogP contribution in [-0.2, 0) is 6.54 Å². The molecule has 4 heteroatoms. The smallest absolute Gasteiger partial charge is 0.136 e. The fourth-order valence-corrected chi connectivity index (χ4v) is 2.11. The van der Waals surface area contributed by atoms with Crippen molar-refractivity contribution in [2.24, 2.45) is 5.92 Å². The van der Waals surface area contributed by atoms with Crippen LogP contribution in [0.2, 0.25) is 0 Å². The van der Waals surface area contributed by atoms with Crippen molar-refractivity contribution < 1.29 is 0 Å². The van der Waals surface area contributed by atoms with Crippen LogP contribution in [0.4, 0.5) is 0 Å². The minimum Gasteiger partial charge on any atom is -0.316 e. The summed E-state index contributed by atoms with van der Waals surface area (Å²) in [6, 6.07) is 0. The Hall–Kier alpha value is -0.900. The molecule has 1 aromatic rings. The molecule has 0 amide bonds. The normalized spacial score (nSPS) is 18.9. The van der Waals surface area contributed by atoms with Gasteiger partial charge in [0.25, 0.3) is 0 Å². The molecule has 0 aromatic carbocycles. The number of hydrogen-bond donors (Lipinski definition) is 1. The van der Waals surface area contributed by atoms with Crippen LogP contribution in [0.15, 0.2) is 0 Å². The van der Waals surface area contributed by atoms with Gasteiger partial charge in [-0.2, -0.15) is 0 Å². The summed E-state index contributed by atoms with van der Waals surface area (Å²) in [5.41, 5.74) is 0. The fourth-order valence-electron chi connectivity index (χ4n) is 2.11. The first-order chi connectivity index (χ1) is 7.24. The van der Waals surface area contributed by atoms with Gasteiger partial charge in [-0.05, 0) is 32.4 Å². The van der Waals surface area contributed by atoms with Crippen LogP contribution >= 0.6 is 0 Å². The Morgan fingerprint density at radius 2 is 2.20 bits per heavy atom. The molecule has 4 nitrogen and oxygen atoms in total. The van der Waals surface area contributed by atoms with Crippen molar-refractivity contribution in [2.75, 3.05) is 13.1 Å². The first kappa shape index (κ1) is 10.6. The van der Waals surface area contributed by atoms with E-state index in [1.165, 1.54) is 5.82 Å². The number of nitrogens with one attached hydrogen (secondary N) is 1. The van der Waals surface area contributed by atoms with Crippen LogP contribution in [0, 0.1) is 12.8 Å². The lowest BCUT2D eigenvalue weighted by Crippen LogP contribution is -2.45. The van der Waals surface area contributed by atoms with Crippen molar-refractivity contribution in [1.82, 2.24) is 20.1 Å². The Balaban J connectivity index is 2.18. The Kier molecular flexibility index (Phi) is 3.05. The van der Waals surface area contributed by atoms with Gasteiger partial charge in [-0.25, -0.2) is 0 Å². The Bertz CT molecular complexity index is 327. The van der Waals surface area contributed by atoms with Gasteiger partial charge in [-0.1, -0.05) is 13.8 Å². The van der Waals surface area contributed by atoms with Crippen LogP contribution in [0.1, 0.15) is 37.8 Å². The zero-order valence-electron chi connectivity index (χ0n) is 9.82. The molecule has 0 bridgehead atoms. The molecular formula is C11H20N4. The molecule has 0 saturated carbocycles. The number of hydrogen-bond acceptors (Lipinski definition) is 3. The maximum Gasteiger partial charge on any atom is 0.136 e. The van der Waals surface area contributed by atoms with Gasteiger partial charge in [0, 0.05) is 12.5 Å². The van der Waals surface area contributed by atoms with E-state index in [0.29, 0.717) is 5.92 Å². The summed E-state index contributed by atoms with van der Waals surface area (Å²) < 4.78 is 2.27. The Labute approximate surface area is 91.1 Å². The largest absolute Gasteiger partial charge is 0.316 e. The molecule has 15 heavy (non-hydrogen) atoms. The second-order valence-corrected chi connectivity index (χ2v) is 4.46. The van der Waals surface area contributed by atoms with Gasteiger partial charge in [0.1, 0.15) is 11.6 Å². The zero-order valence-corrected chi connectivity index (χ0v) is 9.82. The van der Waals surface area contributed by atoms with Crippen molar-refractivity contribution >= 4 is 0 Å². The number of aromatic nitrogens is 3. The van der Waals surface area contributed by atoms with Gasteiger partial charge in [0.15, 0.2) is 0 Å². The summed E-state index contributed by atoms with van der Waals surface area (Å²) in [5, 5.41) is 11.8. The predicted molar refractivity (Wildman–Crippen MR) is 59.8 cm³/mol. The Morgan fingerprint density at radius 1 is 1.47 bits per heavy atom. The van der Waals surface area contributed by atoms with Crippen molar-refractivity contribution in [1.29, 1.82) is 0 Å². The van der Waals surface area contributed by atoms with Crippen LogP contribution < -0.4 is 5.32 Å². The molecule has 1 unspecified atom stereocenters. The van der Waals surface area contributed by atoms with Crippen LogP contribution in [0.25, 0.3) is 0 Å². The van der Waals surface area contributed by atoms with Gasteiger partial charge < -0.3 is 9.88 Å². The molecule has 2 rings (SSSR count). The van der Waals surface area contributed by atoms with Gasteiger partial charge in [0.05, 0.1) is 0 Å². The van der Waals surface area contributed by atoms with Crippen LogP contribution in [0.3, 0.4) is 0 Å². The summed E-state index contributed by atoms with van der Waals surface area (Å²) in [7, 11) is 0. The maximum absolute atomic E-state index is 4.32. The molecule has 1 aliphatic rings. The SMILES string of the molecule is CCCn1c(C)nnc1C(C)C1CNC1. The molecule has 0 spiro atoms. The van der Waals surface area contributed by atoms with Gasteiger partial charge in [-0.15, -0.1) is 10.2 Å². The van der Waals surface area contributed by atoms with E-state index in [1.54, 1.807) is 0 Å². The van der Waals surface area contributed by atoms with Crippen molar-refractivity contribution in [3.63, 3.8) is 0 Å². The molecule has 1 saturated heterocycles. The highest BCUT2D eigenvalue weighted by Gasteiger charge is 2.28. The van der Waals surface area contributed by atoms with E-state index >= 15 is 0 Å². The highest BCUT2D eigenvalue weighted by molar-refractivity contribution is 5.04. The van der Waals surface area contributed by atoms with E-state index in [4.69, 9.17) is 0 Å². The molecule has 1 fully saturated rings. The second kappa shape index (κ2) is 4.31. The minimum atomic E-state index is 0.527. The van der Waals surface area contributed by atoms with Gasteiger partial charge >= 0.3 is 0 Å². The van der Waals surface area contributed by atoms with E-state index in [-0.39, 0.29) is 0 Å². The monoisotopic (exact) mass is 208 g/mol. The zero-order chi connectivity index (χ0) is 10.8. The molecule has 1 aliphatic heterocycles. The number of rotatable bonds is 4. The summed E-state index contributed by atoms with van der Waals surface area (Å²) in [6.07, 6.45) is 1.14. The van der Waals surface area contributed by atoms with Crippen molar-refractivity contribution in [3.8, 4) is 0 Å². The van der Waals surface area contributed by atoms with Crippen molar-refractivity contribution in [3.05, 3.63) is 11.6 Å². The lowest BCUT2D eigenvalue weighted by Gasteiger charge is -2.32. The van der Waals surface area contributed by atoms with E-state index in [2.05, 4.69) is 33.9 Å². The molecule has 2 heterocycles. The molecule has 1 atom stereocenters. The third kappa shape index (κ3) is 1.91. The third-order valence-electron chi connectivity index (χ3n) is 3.34. The third-order valence-corrected chi connectivity index (χ3v) is 3.34. The molecule has 1 aromatic heterocycles. The van der Waals surface area contributed by atoms with Crippen molar-refractivity contribution in [2.45, 2.75) is 39.7 Å². The first-order valence-electron chi connectivity index (χ1n) is 5.84. The highest BCUT2D eigenvalue weighted by Crippen LogP contribution is 2.26. The van der Waals surface area contributed by atoms with E-state index in [9.17, 15) is 0 Å². The first-order valence-corrected chi connectivity index (χ1v) is 5.84. The van der Waals surface area contributed by atoms with Crippen LogP contribution in [0.5, 0.6) is 0 Å². The van der Waals surface area contributed by atoms with Gasteiger partial charge in [-0.3, -0.25) is 0 Å². The molecule has 0 aliphatic carbocycles. The lowest BCUT2D eigenvalue weighted by molar-refractivity contribution is 0.290. The van der Waals surface area contributed by atoms with E-state index in [0.717, 1.165) is 37.8 Å². The van der Waals surface area contributed by atoms with Crippen LogP contribution in [-0.4, -0.2) is 27.9 Å². The standard InChI is InChI=1S/C11H20N4/c1-4-5-15-9(3)13-14-11(15)8(2)10-6-12-7-10/h8,10,12H,4-7H2,1-3H3. The predicted octanol–water partition coefficient (Wildman–Crippen LogP) is 1.32. The topological polar surface area (TPSA) is 42.7 Å². The van der Waals surface area contributed by atoms with Gasteiger partial charge in [0.2, 0.25) is 0 Å². The lowest BCUT2D eigenvalue weighted by atomic mass is 9.88. The highest BCUT2D eigenvalue weighted by atomic mass is 15.3. The summed E-state index contributed by atoms with van der Waals surface area (Å²) in [4.78, 5) is 0. The fraction of sp³-hybridized carbons (Fsp3) is 0.818. The number of aryl methyl sites for hydroxylation is 1. The Morgan fingerprint density at radius 3 is 2.73 bits per heavy atom. The molecule has 1 N–H and O–H groups in total. The minimum absolute atomic E-state index is 0.527. The summed E-state index contributed by atoms with van der Waals surface area (Å²) >= 11 is 0. The summed E-state index contributed by atoms with van der Waals surface area (Å²) in [5.74, 6) is 3.48. The maximum atomic E-state index is 4.32. The van der Waals surface area contributed by atoms with E-state index in [1.807, 2.05) is 6.92 Å². The second-order valence-electron chi connectivity index (χ2n) is 4.46. The average Bonchev–Trinajstić information content (AvgIpc) is 2.46. The molecule has 0 radical (unpaired) electrons. The van der Waals surface area contributed by atoms with E-state index < -0.39 is 0 Å². The quantitative estimate of drug-likeness (QED) is 0.811.